The molecule has 126 valence electrons. The zero-order chi connectivity index (χ0) is 17.4. The number of rotatable bonds is 1. The quantitative estimate of drug-likeness (QED) is 0.685. The maximum Gasteiger partial charge on any atom is 0.259 e. The van der Waals surface area contributed by atoms with Crippen molar-refractivity contribution in [2.24, 2.45) is 0 Å². The fourth-order valence-electron chi connectivity index (χ4n) is 3.23. The highest BCUT2D eigenvalue weighted by atomic mass is 16.2. The second-order valence-corrected chi connectivity index (χ2v) is 6.46. The molecular weight excluding hydrogens is 312 g/mol. The van der Waals surface area contributed by atoms with E-state index in [1.165, 1.54) is 0 Å². The van der Waals surface area contributed by atoms with E-state index in [9.17, 15) is 4.79 Å². The molecular formula is C20H20N4O. The molecule has 0 radical (unpaired) electrons. The summed E-state index contributed by atoms with van der Waals surface area (Å²) in [7, 11) is 2.00. The van der Waals surface area contributed by atoms with Crippen LogP contribution in [-0.4, -0.2) is 36.0 Å². The minimum Gasteiger partial charge on any atom is -0.357 e. The van der Waals surface area contributed by atoms with Crippen molar-refractivity contribution in [2.75, 3.05) is 29.9 Å². The Hall–Kier alpha value is -2.95. The number of fused-ring (bicyclic) bond motifs is 2. The average molecular weight is 332 g/mol. The van der Waals surface area contributed by atoms with Crippen molar-refractivity contribution >= 4 is 28.6 Å². The fraction of sp³-hybridized carbons (Fsp3) is 0.250. The van der Waals surface area contributed by atoms with Gasteiger partial charge in [0.2, 0.25) is 0 Å². The van der Waals surface area contributed by atoms with E-state index in [0.717, 1.165) is 35.4 Å². The van der Waals surface area contributed by atoms with Gasteiger partial charge < -0.3 is 4.90 Å². The minimum absolute atomic E-state index is 0.0233. The zero-order valence-electron chi connectivity index (χ0n) is 14.4. The van der Waals surface area contributed by atoms with E-state index in [1.54, 1.807) is 4.90 Å². The molecule has 2 heterocycles. The molecule has 4 rings (SSSR count). The summed E-state index contributed by atoms with van der Waals surface area (Å²) in [5.41, 5.74) is 3.41. The van der Waals surface area contributed by atoms with E-state index in [0.29, 0.717) is 17.9 Å². The number of carbonyl (C=O) groups excluding carboxylic acids is 1. The molecule has 0 spiro atoms. The monoisotopic (exact) mass is 332 g/mol. The summed E-state index contributed by atoms with van der Waals surface area (Å²) in [6, 6.07) is 15.5. The van der Waals surface area contributed by atoms with Crippen LogP contribution in [0.25, 0.3) is 11.0 Å². The fourth-order valence-corrected chi connectivity index (χ4v) is 3.23. The third-order valence-electron chi connectivity index (χ3n) is 4.54. The summed E-state index contributed by atoms with van der Waals surface area (Å²) in [6.07, 6.45) is 0.877. The summed E-state index contributed by atoms with van der Waals surface area (Å²) < 4.78 is 0. The lowest BCUT2D eigenvalue weighted by Crippen LogP contribution is -2.32. The topological polar surface area (TPSA) is 49.3 Å². The number of amides is 1. The Morgan fingerprint density at radius 1 is 0.960 bits per heavy atom. The summed E-state index contributed by atoms with van der Waals surface area (Å²) in [6.45, 7) is 3.48. The molecule has 1 aliphatic rings. The van der Waals surface area contributed by atoms with Gasteiger partial charge in [-0.15, -0.1) is 0 Å². The minimum atomic E-state index is -0.0233. The Morgan fingerprint density at radius 2 is 1.68 bits per heavy atom. The predicted octanol–water partition coefficient (Wildman–Crippen LogP) is 3.42. The van der Waals surface area contributed by atoms with Gasteiger partial charge in [0.25, 0.3) is 5.91 Å². The number of aryl methyl sites for hydroxylation is 1. The van der Waals surface area contributed by atoms with Gasteiger partial charge in [-0.05, 0) is 37.6 Å². The highest BCUT2D eigenvalue weighted by molar-refractivity contribution is 6.07. The molecule has 0 fully saturated rings. The van der Waals surface area contributed by atoms with Gasteiger partial charge in [0.1, 0.15) is 0 Å². The van der Waals surface area contributed by atoms with Gasteiger partial charge in [-0.2, -0.15) is 0 Å². The highest BCUT2D eigenvalue weighted by Crippen LogP contribution is 2.31. The van der Waals surface area contributed by atoms with Gasteiger partial charge >= 0.3 is 0 Å². The SMILES string of the molecule is Cc1cccc(C(=O)N2CCCN(C)c3nc4ccccc4nc32)c1. The number of benzene rings is 2. The molecule has 1 amide bonds. The van der Waals surface area contributed by atoms with Crippen molar-refractivity contribution in [2.45, 2.75) is 13.3 Å². The molecule has 0 saturated heterocycles. The number of aromatic nitrogens is 2. The molecule has 0 bridgehead atoms. The van der Waals surface area contributed by atoms with E-state index in [1.807, 2.05) is 62.5 Å². The van der Waals surface area contributed by atoms with Crippen LogP contribution >= 0.6 is 0 Å². The molecule has 0 N–H and O–H groups in total. The number of hydrogen-bond donors (Lipinski definition) is 0. The molecule has 2 aromatic carbocycles. The summed E-state index contributed by atoms with van der Waals surface area (Å²) in [4.78, 5) is 26.6. The zero-order valence-corrected chi connectivity index (χ0v) is 14.4. The third kappa shape index (κ3) is 2.82. The summed E-state index contributed by atoms with van der Waals surface area (Å²) in [5.74, 6) is 1.38. The normalized spacial score (nSPS) is 14.3. The second-order valence-electron chi connectivity index (χ2n) is 6.46. The lowest BCUT2D eigenvalue weighted by atomic mass is 10.1. The third-order valence-corrected chi connectivity index (χ3v) is 4.54. The van der Waals surface area contributed by atoms with Gasteiger partial charge in [-0.1, -0.05) is 29.8 Å². The standard InChI is InChI=1S/C20H20N4O/c1-14-7-5-8-15(13-14)20(25)24-12-6-11-23(2)18-19(24)22-17-10-4-3-9-16(17)21-18/h3-5,7-10,13H,6,11-12H2,1-2H3. The highest BCUT2D eigenvalue weighted by Gasteiger charge is 2.27. The lowest BCUT2D eigenvalue weighted by Gasteiger charge is -2.23. The van der Waals surface area contributed by atoms with Gasteiger partial charge in [-0.25, -0.2) is 9.97 Å². The Labute approximate surface area is 146 Å². The van der Waals surface area contributed by atoms with Crippen LogP contribution < -0.4 is 9.80 Å². The first-order valence-corrected chi connectivity index (χ1v) is 8.50. The van der Waals surface area contributed by atoms with Crippen LogP contribution in [0.5, 0.6) is 0 Å². The van der Waals surface area contributed by atoms with Crippen LogP contribution in [-0.2, 0) is 0 Å². The van der Waals surface area contributed by atoms with Crippen molar-refractivity contribution in [1.82, 2.24) is 9.97 Å². The largest absolute Gasteiger partial charge is 0.357 e. The van der Waals surface area contributed by atoms with Crippen molar-refractivity contribution in [1.29, 1.82) is 0 Å². The van der Waals surface area contributed by atoms with Gasteiger partial charge in [0.05, 0.1) is 11.0 Å². The van der Waals surface area contributed by atoms with Crippen molar-refractivity contribution in [3.05, 3.63) is 59.7 Å². The number of nitrogens with zero attached hydrogens (tertiary/aromatic N) is 4. The first-order valence-electron chi connectivity index (χ1n) is 8.50. The Bertz CT molecular complexity index is 953. The van der Waals surface area contributed by atoms with E-state index in [-0.39, 0.29) is 5.91 Å². The molecule has 3 aromatic rings. The Kier molecular flexibility index (Phi) is 3.84. The Morgan fingerprint density at radius 3 is 2.40 bits per heavy atom. The van der Waals surface area contributed by atoms with Gasteiger partial charge in [0, 0.05) is 25.7 Å². The van der Waals surface area contributed by atoms with E-state index < -0.39 is 0 Å². The second kappa shape index (κ2) is 6.16. The van der Waals surface area contributed by atoms with E-state index >= 15 is 0 Å². The molecule has 0 unspecified atom stereocenters. The van der Waals surface area contributed by atoms with Crippen molar-refractivity contribution in [3.63, 3.8) is 0 Å². The van der Waals surface area contributed by atoms with E-state index in [4.69, 9.17) is 9.97 Å². The van der Waals surface area contributed by atoms with Crippen LogP contribution in [0.1, 0.15) is 22.3 Å². The van der Waals surface area contributed by atoms with Crippen LogP contribution in [0, 0.1) is 6.92 Å². The number of hydrogen-bond acceptors (Lipinski definition) is 4. The van der Waals surface area contributed by atoms with Gasteiger partial charge in [-0.3, -0.25) is 9.69 Å². The number of para-hydroxylation sites is 2. The molecule has 25 heavy (non-hydrogen) atoms. The molecule has 5 heteroatoms. The first-order chi connectivity index (χ1) is 12.1. The summed E-state index contributed by atoms with van der Waals surface area (Å²) >= 11 is 0. The predicted molar refractivity (Wildman–Crippen MR) is 100 cm³/mol. The number of carbonyl (C=O) groups is 1. The smallest absolute Gasteiger partial charge is 0.259 e. The number of anilines is 2. The van der Waals surface area contributed by atoms with Gasteiger partial charge in [0.15, 0.2) is 11.6 Å². The van der Waals surface area contributed by atoms with Crippen LogP contribution in [0.4, 0.5) is 11.6 Å². The lowest BCUT2D eigenvalue weighted by molar-refractivity contribution is 0.0986. The molecule has 1 aliphatic heterocycles. The van der Waals surface area contributed by atoms with E-state index in [2.05, 4.69) is 4.90 Å². The first kappa shape index (κ1) is 15.6. The van der Waals surface area contributed by atoms with Crippen LogP contribution in [0.2, 0.25) is 0 Å². The maximum atomic E-state index is 13.1. The van der Waals surface area contributed by atoms with Crippen LogP contribution in [0.3, 0.4) is 0 Å². The molecule has 1 aromatic heterocycles. The maximum absolute atomic E-state index is 13.1. The molecule has 0 atom stereocenters. The van der Waals surface area contributed by atoms with Crippen molar-refractivity contribution in [3.8, 4) is 0 Å². The van der Waals surface area contributed by atoms with Crippen LogP contribution in [0.15, 0.2) is 48.5 Å². The molecule has 0 aliphatic carbocycles. The summed E-state index contributed by atoms with van der Waals surface area (Å²) in [5, 5.41) is 0. The Balaban J connectivity index is 1.85. The molecule has 0 saturated carbocycles. The molecule has 5 nitrogen and oxygen atoms in total. The van der Waals surface area contributed by atoms with Crippen molar-refractivity contribution < 1.29 is 4.79 Å². The average Bonchev–Trinajstić information content (AvgIpc) is 2.78.